The van der Waals surface area contributed by atoms with Gasteiger partial charge in [0.1, 0.15) is 0 Å². The van der Waals surface area contributed by atoms with Crippen molar-refractivity contribution < 1.29 is 9.53 Å². The highest BCUT2D eigenvalue weighted by atomic mass is 16.5. The lowest BCUT2D eigenvalue weighted by molar-refractivity contribution is -0.140. The van der Waals surface area contributed by atoms with Crippen molar-refractivity contribution in [3.8, 4) is 0 Å². The lowest BCUT2D eigenvalue weighted by Crippen LogP contribution is -1.99. The molecule has 0 aromatic heterocycles. The average Bonchev–Trinajstić information content (AvgIpc) is 2.91. The van der Waals surface area contributed by atoms with E-state index < -0.39 is 0 Å². The topological polar surface area (TPSA) is 26.3 Å². The van der Waals surface area contributed by atoms with Crippen molar-refractivity contribution in [1.29, 1.82) is 0 Å². The summed E-state index contributed by atoms with van der Waals surface area (Å²) in [5.41, 5.74) is 0. The number of carbonyl (C=O) groups is 1. The van der Waals surface area contributed by atoms with Gasteiger partial charge in [0.15, 0.2) is 0 Å². The molecular weight excluding hydrogens is 452 g/mol. The molecule has 0 aliphatic heterocycles. The summed E-state index contributed by atoms with van der Waals surface area (Å²) in [6.07, 6.45) is 45.7. The maximum atomic E-state index is 11.1. The summed E-state index contributed by atoms with van der Waals surface area (Å²) < 4.78 is 4.68. The Morgan fingerprint density at radius 3 is 1.00 bits per heavy atom. The van der Waals surface area contributed by atoms with E-state index in [2.05, 4.69) is 23.8 Å². The molecule has 0 aliphatic carbocycles. The molecule has 2 heteroatoms. The Labute approximate surface area is 234 Å². The standard InChI is InChI=1S/C35H68O2/c1-3-4-5-6-7-8-9-10-11-12-13-14-15-16-17-18-19-20-21-22-23-24-25-26-27-28-29-30-31-32-33-34-35(36)37-2/h8-9H,3-7,10-34H2,1-2H3/b9-8-. The van der Waals surface area contributed by atoms with Crippen LogP contribution in [-0.4, -0.2) is 13.1 Å². The molecule has 0 unspecified atom stereocenters. The number of hydrogen-bond donors (Lipinski definition) is 0. The highest BCUT2D eigenvalue weighted by molar-refractivity contribution is 5.68. The molecule has 37 heavy (non-hydrogen) atoms. The summed E-state index contributed by atoms with van der Waals surface area (Å²) in [4.78, 5) is 11.1. The molecule has 0 bridgehead atoms. The van der Waals surface area contributed by atoms with Crippen LogP contribution in [0.4, 0.5) is 0 Å². The molecule has 0 saturated carbocycles. The summed E-state index contributed by atoms with van der Waals surface area (Å²) in [5, 5.41) is 0. The molecule has 0 N–H and O–H groups in total. The fourth-order valence-corrected chi connectivity index (χ4v) is 5.27. The van der Waals surface area contributed by atoms with E-state index in [-0.39, 0.29) is 5.97 Å². The monoisotopic (exact) mass is 521 g/mol. The molecule has 0 spiro atoms. The second-order valence-electron chi connectivity index (χ2n) is 11.6. The first-order chi connectivity index (χ1) is 18.3. The third-order valence-corrected chi connectivity index (χ3v) is 7.87. The molecule has 0 atom stereocenters. The van der Waals surface area contributed by atoms with Crippen LogP contribution in [-0.2, 0) is 9.53 Å². The number of methoxy groups -OCH3 is 1. The maximum Gasteiger partial charge on any atom is 0.305 e. The van der Waals surface area contributed by atoms with Crippen LogP contribution in [0.3, 0.4) is 0 Å². The van der Waals surface area contributed by atoms with Crippen LogP contribution in [0, 0.1) is 0 Å². The average molecular weight is 521 g/mol. The van der Waals surface area contributed by atoms with E-state index in [4.69, 9.17) is 0 Å². The number of esters is 1. The fraction of sp³-hybridized carbons (Fsp3) is 0.914. The summed E-state index contributed by atoms with van der Waals surface area (Å²) in [6, 6.07) is 0. The molecule has 0 aromatic carbocycles. The zero-order valence-electron chi connectivity index (χ0n) is 25.7. The van der Waals surface area contributed by atoms with Gasteiger partial charge in [-0.05, 0) is 32.1 Å². The molecule has 220 valence electrons. The van der Waals surface area contributed by atoms with Gasteiger partial charge in [-0.25, -0.2) is 0 Å². The van der Waals surface area contributed by atoms with Gasteiger partial charge in [0, 0.05) is 6.42 Å². The van der Waals surface area contributed by atoms with Crippen molar-refractivity contribution in [2.24, 2.45) is 0 Å². The molecule has 2 nitrogen and oxygen atoms in total. The van der Waals surface area contributed by atoms with Crippen molar-refractivity contribution in [3.05, 3.63) is 12.2 Å². The van der Waals surface area contributed by atoms with Gasteiger partial charge in [0.05, 0.1) is 7.11 Å². The SMILES string of the molecule is CCCCCC/C=C\CCCCCCCCCCCCCCCCCCCCCCCCCC(=O)OC. The van der Waals surface area contributed by atoms with E-state index in [1.165, 1.54) is 187 Å². The number of ether oxygens (including phenoxy) is 1. The Balaban J connectivity index is 3.06. The Morgan fingerprint density at radius 2 is 0.703 bits per heavy atom. The van der Waals surface area contributed by atoms with Crippen molar-refractivity contribution >= 4 is 5.97 Å². The first-order valence-electron chi connectivity index (χ1n) is 17.0. The van der Waals surface area contributed by atoms with Gasteiger partial charge in [-0.3, -0.25) is 4.79 Å². The lowest BCUT2D eigenvalue weighted by atomic mass is 10.0. The van der Waals surface area contributed by atoms with Gasteiger partial charge >= 0.3 is 5.97 Å². The Kier molecular flexibility index (Phi) is 32.5. The van der Waals surface area contributed by atoms with Crippen LogP contribution in [0.5, 0.6) is 0 Å². The minimum absolute atomic E-state index is 0.0611. The normalized spacial score (nSPS) is 11.5. The van der Waals surface area contributed by atoms with Crippen LogP contribution in [0.25, 0.3) is 0 Å². The van der Waals surface area contributed by atoms with Crippen molar-refractivity contribution in [1.82, 2.24) is 0 Å². The highest BCUT2D eigenvalue weighted by Gasteiger charge is 1.99. The molecule has 0 rings (SSSR count). The third kappa shape index (κ3) is 33.2. The first kappa shape index (κ1) is 36.2. The zero-order valence-corrected chi connectivity index (χ0v) is 25.7. The Morgan fingerprint density at radius 1 is 0.432 bits per heavy atom. The van der Waals surface area contributed by atoms with E-state index in [9.17, 15) is 4.79 Å². The molecule has 0 fully saturated rings. The fourth-order valence-electron chi connectivity index (χ4n) is 5.27. The van der Waals surface area contributed by atoms with Crippen molar-refractivity contribution in [3.63, 3.8) is 0 Å². The summed E-state index contributed by atoms with van der Waals surface area (Å²) >= 11 is 0. The van der Waals surface area contributed by atoms with Gasteiger partial charge in [-0.2, -0.15) is 0 Å². The zero-order chi connectivity index (χ0) is 26.9. The third-order valence-electron chi connectivity index (χ3n) is 7.87. The quantitative estimate of drug-likeness (QED) is 0.0516. The minimum Gasteiger partial charge on any atom is -0.469 e. The van der Waals surface area contributed by atoms with E-state index in [1.807, 2.05) is 0 Å². The number of hydrogen-bond acceptors (Lipinski definition) is 2. The van der Waals surface area contributed by atoms with Crippen LogP contribution in [0.1, 0.15) is 200 Å². The number of allylic oxidation sites excluding steroid dienone is 2. The number of rotatable bonds is 31. The van der Waals surface area contributed by atoms with Crippen LogP contribution in [0.15, 0.2) is 12.2 Å². The van der Waals surface area contributed by atoms with Gasteiger partial charge < -0.3 is 4.74 Å². The molecule has 0 aliphatic rings. The minimum atomic E-state index is -0.0611. The Bertz CT molecular complexity index is 456. The second-order valence-corrected chi connectivity index (χ2v) is 11.6. The lowest BCUT2D eigenvalue weighted by Gasteiger charge is -2.04. The van der Waals surface area contributed by atoms with Crippen LogP contribution < -0.4 is 0 Å². The highest BCUT2D eigenvalue weighted by Crippen LogP contribution is 2.16. The molecule has 0 heterocycles. The maximum absolute atomic E-state index is 11.1. The van der Waals surface area contributed by atoms with E-state index >= 15 is 0 Å². The van der Waals surface area contributed by atoms with E-state index in [0.717, 1.165) is 6.42 Å². The summed E-state index contributed by atoms with van der Waals surface area (Å²) in [5.74, 6) is -0.0611. The molecule has 0 radical (unpaired) electrons. The van der Waals surface area contributed by atoms with Gasteiger partial charge in [0.25, 0.3) is 0 Å². The van der Waals surface area contributed by atoms with Gasteiger partial charge in [0.2, 0.25) is 0 Å². The predicted octanol–water partition coefficient (Wildman–Crippen LogP) is 12.4. The molecule has 0 amide bonds. The first-order valence-corrected chi connectivity index (χ1v) is 17.0. The molecule has 0 saturated heterocycles. The largest absolute Gasteiger partial charge is 0.469 e. The second kappa shape index (κ2) is 33.2. The van der Waals surface area contributed by atoms with Crippen molar-refractivity contribution in [2.75, 3.05) is 7.11 Å². The van der Waals surface area contributed by atoms with Crippen LogP contribution in [0.2, 0.25) is 0 Å². The summed E-state index contributed by atoms with van der Waals surface area (Å²) in [7, 11) is 1.48. The van der Waals surface area contributed by atoms with Crippen molar-refractivity contribution in [2.45, 2.75) is 200 Å². The van der Waals surface area contributed by atoms with E-state index in [0.29, 0.717) is 6.42 Å². The number of carbonyl (C=O) groups excluding carboxylic acids is 1. The van der Waals surface area contributed by atoms with Gasteiger partial charge in [-0.15, -0.1) is 0 Å². The Hall–Kier alpha value is -0.790. The van der Waals surface area contributed by atoms with Gasteiger partial charge in [-0.1, -0.05) is 173 Å². The molecular formula is C35H68O2. The predicted molar refractivity (Wildman–Crippen MR) is 165 cm³/mol. The smallest absolute Gasteiger partial charge is 0.305 e. The molecule has 0 aromatic rings. The van der Waals surface area contributed by atoms with E-state index in [1.54, 1.807) is 0 Å². The number of unbranched alkanes of at least 4 members (excludes halogenated alkanes) is 27. The summed E-state index contributed by atoms with van der Waals surface area (Å²) in [6.45, 7) is 2.28. The van der Waals surface area contributed by atoms with Crippen LogP contribution >= 0.6 is 0 Å².